The predicted molar refractivity (Wildman–Crippen MR) is 108 cm³/mol. The van der Waals surface area contributed by atoms with E-state index < -0.39 is 19.8 Å². The summed E-state index contributed by atoms with van der Waals surface area (Å²) in [7, 11) is -4.28. The summed E-state index contributed by atoms with van der Waals surface area (Å²) in [4.78, 5) is 33.7. The Labute approximate surface area is 202 Å². The van der Waals surface area contributed by atoms with Crippen molar-refractivity contribution in [3.8, 4) is 0 Å². The van der Waals surface area contributed by atoms with Crippen molar-refractivity contribution >= 4 is 19.8 Å². The van der Waals surface area contributed by atoms with Crippen LogP contribution in [-0.2, 0) is 32.7 Å². The summed E-state index contributed by atoms with van der Waals surface area (Å²) in [5.74, 6) is -0.896. The van der Waals surface area contributed by atoms with E-state index in [4.69, 9.17) is 18.5 Å². The fourth-order valence-electron chi connectivity index (χ4n) is 2.42. The molecular formula is C20H34NaO8P. The van der Waals surface area contributed by atoms with Crippen LogP contribution in [0.4, 0.5) is 0 Å². The van der Waals surface area contributed by atoms with Crippen molar-refractivity contribution in [2.24, 2.45) is 0 Å². The molecule has 2 atom stereocenters. The SMILES string of the molecule is C=CC(=O)OC(C)CCCCCOP(=O)([O-])OCCCCCC(C)OC(=O)C=C.[Na+]. The fourth-order valence-corrected chi connectivity index (χ4v) is 3.20. The molecule has 0 amide bonds. The van der Waals surface area contributed by atoms with Crippen LogP contribution in [0.2, 0.25) is 0 Å². The quantitative estimate of drug-likeness (QED) is 0.0981. The minimum atomic E-state index is -4.28. The molecule has 0 bridgehead atoms. The zero-order chi connectivity index (χ0) is 22.1. The van der Waals surface area contributed by atoms with Gasteiger partial charge < -0.3 is 23.4 Å². The second-order valence-corrected chi connectivity index (χ2v) is 8.13. The van der Waals surface area contributed by atoms with Crippen LogP contribution in [0.5, 0.6) is 0 Å². The van der Waals surface area contributed by atoms with Gasteiger partial charge in [-0.25, -0.2) is 9.59 Å². The van der Waals surface area contributed by atoms with E-state index in [1.165, 1.54) is 0 Å². The van der Waals surface area contributed by atoms with Crippen LogP contribution >= 0.6 is 7.82 Å². The zero-order valence-corrected chi connectivity index (χ0v) is 21.4. The molecule has 0 fully saturated rings. The van der Waals surface area contributed by atoms with Gasteiger partial charge in [0, 0.05) is 12.2 Å². The number of ether oxygens (including phenoxy) is 2. The molecule has 0 spiro atoms. The molecule has 0 aromatic carbocycles. The monoisotopic (exact) mass is 456 g/mol. The van der Waals surface area contributed by atoms with Crippen LogP contribution in [0.15, 0.2) is 25.3 Å². The molecule has 0 radical (unpaired) electrons. The van der Waals surface area contributed by atoms with Gasteiger partial charge in [-0.3, -0.25) is 4.57 Å². The van der Waals surface area contributed by atoms with E-state index in [0.717, 1.165) is 37.8 Å². The van der Waals surface area contributed by atoms with Crippen molar-refractivity contribution in [3.63, 3.8) is 0 Å². The average molecular weight is 456 g/mol. The summed E-state index contributed by atoms with van der Waals surface area (Å²) in [6, 6.07) is 0. The number of rotatable bonds is 18. The molecule has 0 rings (SSSR count). The van der Waals surface area contributed by atoms with Gasteiger partial charge in [0.1, 0.15) is 0 Å². The molecule has 0 aliphatic carbocycles. The first-order valence-electron chi connectivity index (χ1n) is 9.96. The number of phosphoric ester groups is 1. The molecule has 8 nitrogen and oxygen atoms in total. The van der Waals surface area contributed by atoms with E-state index in [1.54, 1.807) is 13.8 Å². The minimum absolute atomic E-state index is 0. The molecule has 168 valence electrons. The maximum atomic E-state index is 11.7. The summed E-state index contributed by atoms with van der Waals surface area (Å²) in [6.07, 6.45) is 7.45. The Balaban J connectivity index is 0. The average Bonchev–Trinajstić information content (AvgIpc) is 2.66. The summed E-state index contributed by atoms with van der Waals surface area (Å²) in [6.45, 7) is 10.4. The molecule has 0 saturated heterocycles. The Bertz CT molecular complexity index is 511. The topological polar surface area (TPSA) is 111 Å². The molecule has 30 heavy (non-hydrogen) atoms. The van der Waals surface area contributed by atoms with Crippen molar-refractivity contribution in [3.05, 3.63) is 25.3 Å². The first-order valence-corrected chi connectivity index (χ1v) is 11.4. The zero-order valence-electron chi connectivity index (χ0n) is 18.5. The van der Waals surface area contributed by atoms with E-state index in [-0.39, 0.29) is 55.0 Å². The molecule has 0 saturated carbocycles. The molecule has 0 aromatic heterocycles. The number of carbonyl (C=O) groups is 2. The van der Waals surface area contributed by atoms with Gasteiger partial charge in [-0.1, -0.05) is 26.0 Å². The number of unbranched alkanes of at least 4 members (excludes halogenated alkanes) is 4. The second kappa shape index (κ2) is 19.2. The molecule has 0 aliphatic rings. The van der Waals surface area contributed by atoms with Crippen LogP contribution in [0.1, 0.15) is 65.2 Å². The fraction of sp³-hybridized carbons (Fsp3) is 0.700. The van der Waals surface area contributed by atoms with Crippen molar-refractivity contribution in [2.75, 3.05) is 13.2 Å². The molecular weight excluding hydrogens is 422 g/mol. The van der Waals surface area contributed by atoms with Gasteiger partial charge in [0.2, 0.25) is 0 Å². The second-order valence-electron chi connectivity index (χ2n) is 6.72. The Morgan fingerprint density at radius 2 is 1.20 bits per heavy atom. The summed E-state index contributed by atoms with van der Waals surface area (Å²) in [5.41, 5.74) is 0. The molecule has 0 N–H and O–H groups in total. The first kappa shape index (κ1) is 31.7. The van der Waals surface area contributed by atoms with E-state index in [9.17, 15) is 19.0 Å². The Hall–Kier alpha value is -0.470. The molecule has 10 heteroatoms. The normalized spacial score (nSPS) is 14.5. The van der Waals surface area contributed by atoms with Crippen LogP contribution in [0, 0.1) is 0 Å². The van der Waals surface area contributed by atoms with E-state index in [0.29, 0.717) is 25.7 Å². The number of hydrogen-bond donors (Lipinski definition) is 0. The summed E-state index contributed by atoms with van der Waals surface area (Å²) >= 11 is 0. The molecule has 0 heterocycles. The van der Waals surface area contributed by atoms with Crippen molar-refractivity contribution < 1.29 is 67.1 Å². The van der Waals surface area contributed by atoms with Gasteiger partial charge in [-0.2, -0.15) is 0 Å². The Kier molecular flexibility index (Phi) is 20.3. The molecule has 0 aliphatic heterocycles. The van der Waals surface area contributed by atoms with Gasteiger partial charge >= 0.3 is 41.5 Å². The molecule has 0 aromatic rings. The minimum Gasteiger partial charge on any atom is -0.756 e. The van der Waals surface area contributed by atoms with Gasteiger partial charge in [0.15, 0.2) is 0 Å². The van der Waals surface area contributed by atoms with E-state index in [1.807, 2.05) is 0 Å². The third-order valence-electron chi connectivity index (χ3n) is 3.98. The van der Waals surface area contributed by atoms with Crippen molar-refractivity contribution in [1.82, 2.24) is 0 Å². The number of carbonyl (C=O) groups excluding carboxylic acids is 2. The smallest absolute Gasteiger partial charge is 0.756 e. The summed E-state index contributed by atoms with van der Waals surface area (Å²) in [5, 5.41) is 0. The maximum Gasteiger partial charge on any atom is 1.00 e. The van der Waals surface area contributed by atoms with E-state index >= 15 is 0 Å². The number of phosphoric acid groups is 1. The third-order valence-corrected chi connectivity index (χ3v) is 4.97. The standard InChI is InChI=1S/C20H35O8P.Na/c1-5-19(21)27-17(3)13-9-7-11-15-25-29(23,24)26-16-12-8-10-14-18(4)28-20(22)6-2;/h5-6,17-18H,1-2,7-16H2,3-4H3,(H,23,24);/q;+1/p-1. The van der Waals surface area contributed by atoms with Crippen LogP contribution < -0.4 is 34.5 Å². The van der Waals surface area contributed by atoms with E-state index in [2.05, 4.69) is 13.2 Å². The van der Waals surface area contributed by atoms with Gasteiger partial charge in [-0.05, 0) is 52.4 Å². The number of esters is 2. The van der Waals surface area contributed by atoms with Gasteiger partial charge in [0.25, 0.3) is 7.82 Å². The Morgan fingerprint density at radius 3 is 1.53 bits per heavy atom. The Morgan fingerprint density at radius 1 is 0.833 bits per heavy atom. The van der Waals surface area contributed by atoms with Crippen LogP contribution in [0.3, 0.4) is 0 Å². The number of hydrogen-bond acceptors (Lipinski definition) is 8. The third kappa shape index (κ3) is 19.5. The maximum absolute atomic E-state index is 11.7. The molecule has 2 unspecified atom stereocenters. The van der Waals surface area contributed by atoms with Crippen molar-refractivity contribution in [2.45, 2.75) is 77.4 Å². The van der Waals surface area contributed by atoms with Crippen LogP contribution in [0.25, 0.3) is 0 Å². The van der Waals surface area contributed by atoms with Crippen LogP contribution in [-0.4, -0.2) is 37.4 Å². The predicted octanol–water partition coefficient (Wildman–Crippen LogP) is 0.848. The largest absolute Gasteiger partial charge is 1.00 e. The summed E-state index contributed by atoms with van der Waals surface area (Å²) < 4.78 is 31.4. The van der Waals surface area contributed by atoms with Gasteiger partial charge in [-0.15, -0.1) is 0 Å². The van der Waals surface area contributed by atoms with Gasteiger partial charge in [0.05, 0.1) is 25.4 Å². The van der Waals surface area contributed by atoms with Crippen molar-refractivity contribution in [1.29, 1.82) is 0 Å². The first-order chi connectivity index (χ1) is 13.7.